The number of nitrogens with one attached hydrogen (secondary N) is 2. The fourth-order valence-corrected chi connectivity index (χ4v) is 2.35. The SMILES string of the molecule is CN=C(NCCc1cccc(F)c1)NCc1cc(C(=O)OC)c(C)o1.I. The normalized spacial score (nSPS) is 10.8. The minimum absolute atomic E-state index is 0. The van der Waals surface area contributed by atoms with Crippen LogP contribution in [-0.4, -0.2) is 32.6 Å². The predicted molar refractivity (Wildman–Crippen MR) is 109 cm³/mol. The monoisotopic (exact) mass is 475 g/mol. The van der Waals surface area contributed by atoms with Gasteiger partial charge in [0.25, 0.3) is 0 Å². The Labute approximate surface area is 169 Å². The van der Waals surface area contributed by atoms with Crippen LogP contribution in [0.5, 0.6) is 0 Å². The molecule has 0 fully saturated rings. The zero-order valence-electron chi connectivity index (χ0n) is 15.0. The van der Waals surface area contributed by atoms with Gasteiger partial charge in [0.2, 0.25) is 0 Å². The number of rotatable bonds is 6. The molecule has 142 valence electrons. The summed E-state index contributed by atoms with van der Waals surface area (Å²) in [6, 6.07) is 8.15. The second-order valence-electron chi connectivity index (χ2n) is 5.41. The molecule has 6 nitrogen and oxygen atoms in total. The summed E-state index contributed by atoms with van der Waals surface area (Å²) in [5.74, 6) is 1.04. The number of esters is 1. The number of aliphatic imine (C=N–C) groups is 1. The summed E-state index contributed by atoms with van der Waals surface area (Å²) in [7, 11) is 2.99. The van der Waals surface area contributed by atoms with Gasteiger partial charge < -0.3 is 19.8 Å². The summed E-state index contributed by atoms with van der Waals surface area (Å²) in [6.45, 7) is 2.69. The number of aryl methyl sites for hydroxylation is 1. The lowest BCUT2D eigenvalue weighted by molar-refractivity contribution is 0.0599. The zero-order chi connectivity index (χ0) is 18.2. The van der Waals surface area contributed by atoms with Crippen LogP contribution in [0.4, 0.5) is 4.39 Å². The average Bonchev–Trinajstić information content (AvgIpc) is 2.98. The second kappa shape index (κ2) is 10.8. The number of methoxy groups -OCH3 is 1. The average molecular weight is 475 g/mol. The Kier molecular flexibility index (Phi) is 9.11. The molecule has 2 aromatic rings. The molecule has 0 aliphatic heterocycles. The zero-order valence-corrected chi connectivity index (χ0v) is 17.3. The molecule has 0 unspecified atom stereocenters. The third-order valence-corrected chi connectivity index (χ3v) is 3.62. The van der Waals surface area contributed by atoms with Crippen molar-refractivity contribution in [2.75, 3.05) is 20.7 Å². The van der Waals surface area contributed by atoms with Crippen LogP contribution in [0.15, 0.2) is 39.7 Å². The van der Waals surface area contributed by atoms with Gasteiger partial charge in [-0.25, -0.2) is 9.18 Å². The Balaban J connectivity index is 0.00000338. The van der Waals surface area contributed by atoms with Crippen molar-refractivity contribution in [3.63, 3.8) is 0 Å². The van der Waals surface area contributed by atoms with Crippen molar-refractivity contribution in [2.24, 2.45) is 4.99 Å². The maximum Gasteiger partial charge on any atom is 0.341 e. The number of carbonyl (C=O) groups excluding carboxylic acids is 1. The molecule has 2 N–H and O–H groups in total. The van der Waals surface area contributed by atoms with Crippen LogP contribution in [0.1, 0.15) is 27.4 Å². The summed E-state index contributed by atoms with van der Waals surface area (Å²) in [6.07, 6.45) is 0.671. The molecule has 8 heteroatoms. The van der Waals surface area contributed by atoms with Crippen LogP contribution >= 0.6 is 24.0 Å². The number of carbonyl (C=O) groups is 1. The number of hydrogen-bond acceptors (Lipinski definition) is 4. The Morgan fingerprint density at radius 1 is 1.31 bits per heavy atom. The van der Waals surface area contributed by atoms with Crippen LogP contribution in [-0.2, 0) is 17.7 Å². The van der Waals surface area contributed by atoms with Gasteiger partial charge in [-0.05, 0) is 37.1 Å². The van der Waals surface area contributed by atoms with Gasteiger partial charge in [-0.3, -0.25) is 4.99 Å². The molecule has 1 heterocycles. The number of nitrogens with zero attached hydrogens (tertiary/aromatic N) is 1. The lowest BCUT2D eigenvalue weighted by Gasteiger charge is -2.11. The summed E-state index contributed by atoms with van der Waals surface area (Å²) >= 11 is 0. The summed E-state index contributed by atoms with van der Waals surface area (Å²) in [5, 5.41) is 6.25. The lowest BCUT2D eigenvalue weighted by Crippen LogP contribution is -2.37. The largest absolute Gasteiger partial charge is 0.465 e. The molecule has 0 saturated heterocycles. The van der Waals surface area contributed by atoms with Crippen LogP contribution < -0.4 is 10.6 Å². The molecule has 0 bridgehead atoms. The Morgan fingerprint density at radius 2 is 2.08 bits per heavy atom. The van der Waals surface area contributed by atoms with Crippen molar-refractivity contribution in [3.8, 4) is 0 Å². The summed E-state index contributed by atoms with van der Waals surface area (Å²) in [4.78, 5) is 15.7. The molecule has 0 radical (unpaired) electrons. The molecular formula is C18H23FIN3O3. The van der Waals surface area contributed by atoms with E-state index in [-0.39, 0.29) is 29.8 Å². The van der Waals surface area contributed by atoms with E-state index in [9.17, 15) is 9.18 Å². The Morgan fingerprint density at radius 3 is 2.73 bits per heavy atom. The molecule has 1 aromatic heterocycles. The van der Waals surface area contributed by atoms with Gasteiger partial charge in [0.1, 0.15) is 22.9 Å². The standard InChI is InChI=1S/C18H22FN3O3.HI/c1-12-16(17(23)24-3)10-15(25-12)11-22-18(20-2)21-8-7-13-5-4-6-14(19)9-13;/h4-6,9-10H,7-8,11H2,1-3H3,(H2,20,21,22);1H. The maximum atomic E-state index is 13.1. The maximum absolute atomic E-state index is 13.1. The quantitative estimate of drug-likeness (QED) is 0.291. The number of guanidine groups is 1. The van der Waals surface area contributed by atoms with Crippen molar-refractivity contribution in [2.45, 2.75) is 19.9 Å². The van der Waals surface area contributed by atoms with E-state index >= 15 is 0 Å². The smallest absolute Gasteiger partial charge is 0.341 e. The molecule has 1 aromatic carbocycles. The van der Waals surface area contributed by atoms with Crippen LogP contribution in [0.3, 0.4) is 0 Å². The molecule has 2 rings (SSSR count). The van der Waals surface area contributed by atoms with Crippen molar-refractivity contribution in [1.29, 1.82) is 0 Å². The van der Waals surface area contributed by atoms with E-state index < -0.39 is 5.97 Å². The lowest BCUT2D eigenvalue weighted by atomic mass is 10.1. The van der Waals surface area contributed by atoms with E-state index in [0.717, 1.165) is 5.56 Å². The topological polar surface area (TPSA) is 75.9 Å². The van der Waals surface area contributed by atoms with Crippen molar-refractivity contribution < 1.29 is 18.3 Å². The number of hydrogen-bond donors (Lipinski definition) is 2. The minimum atomic E-state index is -0.426. The molecule has 0 saturated carbocycles. The van der Waals surface area contributed by atoms with Crippen LogP contribution in [0.2, 0.25) is 0 Å². The van der Waals surface area contributed by atoms with Crippen molar-refractivity contribution in [1.82, 2.24) is 10.6 Å². The van der Waals surface area contributed by atoms with Gasteiger partial charge in [-0.15, -0.1) is 24.0 Å². The van der Waals surface area contributed by atoms with E-state index in [1.165, 1.54) is 19.2 Å². The van der Waals surface area contributed by atoms with Gasteiger partial charge >= 0.3 is 5.97 Å². The van der Waals surface area contributed by atoms with Crippen molar-refractivity contribution >= 4 is 35.9 Å². The van der Waals surface area contributed by atoms with Gasteiger partial charge in [0.05, 0.1) is 13.7 Å². The Hall–Kier alpha value is -2.10. The van der Waals surface area contributed by atoms with E-state index in [1.807, 2.05) is 6.07 Å². The number of ether oxygens (including phenoxy) is 1. The van der Waals surface area contributed by atoms with Gasteiger partial charge in [-0.2, -0.15) is 0 Å². The van der Waals surface area contributed by atoms with E-state index in [0.29, 0.717) is 42.6 Å². The van der Waals surface area contributed by atoms with E-state index in [1.54, 1.807) is 26.1 Å². The highest BCUT2D eigenvalue weighted by Gasteiger charge is 2.15. The van der Waals surface area contributed by atoms with Crippen LogP contribution in [0, 0.1) is 12.7 Å². The molecule has 0 aliphatic carbocycles. The first-order chi connectivity index (χ1) is 12.0. The minimum Gasteiger partial charge on any atom is -0.465 e. The fraction of sp³-hybridized carbons (Fsp3) is 0.333. The predicted octanol–water partition coefficient (Wildman–Crippen LogP) is 3.04. The fourth-order valence-electron chi connectivity index (χ4n) is 2.35. The number of benzene rings is 1. The van der Waals surface area contributed by atoms with Gasteiger partial charge in [0.15, 0.2) is 5.96 Å². The molecule has 26 heavy (non-hydrogen) atoms. The highest BCUT2D eigenvalue weighted by Crippen LogP contribution is 2.15. The second-order valence-corrected chi connectivity index (χ2v) is 5.41. The molecule has 0 atom stereocenters. The highest BCUT2D eigenvalue weighted by atomic mass is 127. The van der Waals surface area contributed by atoms with Gasteiger partial charge in [-0.1, -0.05) is 12.1 Å². The van der Waals surface area contributed by atoms with E-state index in [4.69, 9.17) is 9.15 Å². The molecule has 0 amide bonds. The van der Waals surface area contributed by atoms with E-state index in [2.05, 4.69) is 15.6 Å². The third kappa shape index (κ3) is 6.32. The first-order valence-corrected chi connectivity index (χ1v) is 7.90. The van der Waals surface area contributed by atoms with Gasteiger partial charge in [0, 0.05) is 13.6 Å². The Bertz CT molecular complexity index is 762. The third-order valence-electron chi connectivity index (χ3n) is 3.62. The number of halogens is 2. The first-order valence-electron chi connectivity index (χ1n) is 7.90. The molecular weight excluding hydrogens is 452 g/mol. The van der Waals surface area contributed by atoms with Crippen molar-refractivity contribution in [3.05, 3.63) is 58.8 Å². The molecule has 0 spiro atoms. The first kappa shape index (κ1) is 21.9. The number of furan rings is 1. The van der Waals surface area contributed by atoms with Crippen LogP contribution in [0.25, 0.3) is 0 Å². The molecule has 0 aliphatic rings. The summed E-state index contributed by atoms with van der Waals surface area (Å²) in [5.41, 5.74) is 1.32. The summed E-state index contributed by atoms with van der Waals surface area (Å²) < 4.78 is 23.4. The highest BCUT2D eigenvalue weighted by molar-refractivity contribution is 14.0.